The Kier molecular flexibility index (Phi) is 8.19. The monoisotopic (exact) mass is 738 g/mol. The van der Waals surface area contributed by atoms with Gasteiger partial charge in [-0.05, 0) is 74.8 Å². The fraction of sp³-hybridized carbons (Fsp3) is 0. The molecule has 0 bridgehead atoms. The molecule has 58 heavy (non-hydrogen) atoms. The van der Waals surface area contributed by atoms with E-state index in [2.05, 4.69) is 240 Å². The minimum atomic E-state index is 1.08. The van der Waals surface area contributed by atoms with E-state index < -0.39 is 0 Å². The number of anilines is 3. The molecule has 1 heterocycles. The first-order chi connectivity index (χ1) is 28.8. The highest BCUT2D eigenvalue weighted by molar-refractivity contribution is 6.16. The van der Waals surface area contributed by atoms with Crippen LogP contribution in [-0.4, -0.2) is 4.57 Å². The van der Waals surface area contributed by atoms with Gasteiger partial charge in [0.05, 0.1) is 28.1 Å². The summed E-state index contributed by atoms with van der Waals surface area (Å²) >= 11 is 0. The summed E-state index contributed by atoms with van der Waals surface area (Å²) in [6.45, 7) is 0. The van der Waals surface area contributed by atoms with Gasteiger partial charge in [-0.3, -0.25) is 0 Å². The number of fused-ring (bicyclic) bond motifs is 6. The Balaban J connectivity index is 1.24. The lowest BCUT2D eigenvalue weighted by atomic mass is 9.93. The molecule has 0 radical (unpaired) electrons. The van der Waals surface area contributed by atoms with Gasteiger partial charge >= 0.3 is 0 Å². The van der Waals surface area contributed by atoms with E-state index in [0.29, 0.717) is 0 Å². The Morgan fingerprint density at radius 3 is 1.62 bits per heavy atom. The highest BCUT2D eigenvalue weighted by Crippen LogP contribution is 2.47. The van der Waals surface area contributed by atoms with Gasteiger partial charge in [-0.1, -0.05) is 194 Å². The van der Waals surface area contributed by atoms with Crippen LogP contribution in [0.15, 0.2) is 231 Å². The lowest BCUT2D eigenvalue weighted by Crippen LogP contribution is -2.12. The summed E-state index contributed by atoms with van der Waals surface area (Å²) in [5.74, 6) is 0. The van der Waals surface area contributed by atoms with Crippen LogP contribution in [-0.2, 0) is 0 Å². The number of hydrogen-bond donors (Lipinski definition) is 0. The van der Waals surface area contributed by atoms with Crippen molar-refractivity contribution in [1.82, 2.24) is 4.57 Å². The van der Waals surface area contributed by atoms with Crippen LogP contribution in [0.5, 0.6) is 0 Å². The van der Waals surface area contributed by atoms with Gasteiger partial charge < -0.3 is 9.47 Å². The highest BCUT2D eigenvalue weighted by atomic mass is 15.1. The fourth-order valence-electron chi connectivity index (χ4n) is 9.01. The van der Waals surface area contributed by atoms with E-state index >= 15 is 0 Å². The SMILES string of the molecule is c1ccc(-c2ccccc2N(c2ccc3c4ccccc4n(-c4cccc(-c5ccccc5)c4-c4ccccc4)c3c2)c2cc3ccccc3c3ccccc23)cc1. The van der Waals surface area contributed by atoms with Gasteiger partial charge in [-0.2, -0.15) is 0 Å². The van der Waals surface area contributed by atoms with Crippen molar-refractivity contribution in [2.45, 2.75) is 0 Å². The molecule has 0 aliphatic heterocycles. The van der Waals surface area contributed by atoms with Gasteiger partial charge in [0, 0.05) is 33.0 Å². The Morgan fingerprint density at radius 2 is 0.862 bits per heavy atom. The summed E-state index contributed by atoms with van der Waals surface area (Å²) in [5, 5.41) is 7.33. The van der Waals surface area contributed by atoms with Crippen molar-refractivity contribution in [3.05, 3.63) is 231 Å². The second kappa shape index (κ2) is 14.1. The van der Waals surface area contributed by atoms with Crippen LogP contribution in [0.2, 0.25) is 0 Å². The van der Waals surface area contributed by atoms with Crippen molar-refractivity contribution in [2.24, 2.45) is 0 Å². The second-order valence-electron chi connectivity index (χ2n) is 14.9. The largest absolute Gasteiger partial charge is 0.309 e. The summed E-state index contributed by atoms with van der Waals surface area (Å²) in [7, 11) is 0. The topological polar surface area (TPSA) is 8.17 Å². The molecule has 0 fully saturated rings. The van der Waals surface area contributed by atoms with Gasteiger partial charge in [-0.15, -0.1) is 0 Å². The van der Waals surface area contributed by atoms with E-state index in [-0.39, 0.29) is 0 Å². The average Bonchev–Trinajstić information content (AvgIpc) is 3.63. The normalized spacial score (nSPS) is 11.4. The summed E-state index contributed by atoms with van der Waals surface area (Å²) in [6, 6.07) is 83.8. The number of hydrogen-bond acceptors (Lipinski definition) is 1. The molecule has 2 nitrogen and oxygen atoms in total. The number of nitrogens with zero attached hydrogens (tertiary/aromatic N) is 2. The average molecular weight is 739 g/mol. The molecule has 1 aromatic heterocycles. The van der Waals surface area contributed by atoms with E-state index in [1.54, 1.807) is 0 Å². The molecule has 2 heteroatoms. The van der Waals surface area contributed by atoms with Crippen molar-refractivity contribution in [3.63, 3.8) is 0 Å². The third-order valence-electron chi connectivity index (χ3n) is 11.6. The molecule has 0 aliphatic rings. The molecule has 11 rings (SSSR count). The van der Waals surface area contributed by atoms with E-state index in [4.69, 9.17) is 0 Å². The fourth-order valence-corrected chi connectivity index (χ4v) is 9.01. The Hall–Kier alpha value is -7.68. The van der Waals surface area contributed by atoms with Crippen LogP contribution in [0.1, 0.15) is 0 Å². The molecular weight excluding hydrogens is 701 g/mol. The number of benzene rings is 10. The lowest BCUT2D eigenvalue weighted by molar-refractivity contribution is 1.18. The molecule has 272 valence electrons. The minimum absolute atomic E-state index is 1.08. The Bertz CT molecular complexity index is 3270. The first-order valence-electron chi connectivity index (χ1n) is 19.9. The zero-order chi connectivity index (χ0) is 38.4. The lowest BCUT2D eigenvalue weighted by Gasteiger charge is -2.30. The van der Waals surface area contributed by atoms with Crippen molar-refractivity contribution in [3.8, 4) is 39.1 Å². The van der Waals surface area contributed by atoms with E-state index in [1.807, 2.05) is 0 Å². The maximum atomic E-state index is 2.49. The number of para-hydroxylation sites is 2. The third kappa shape index (κ3) is 5.57. The van der Waals surface area contributed by atoms with E-state index in [0.717, 1.165) is 28.3 Å². The molecule has 0 unspecified atom stereocenters. The molecule has 0 saturated carbocycles. The van der Waals surface area contributed by atoms with Crippen molar-refractivity contribution >= 4 is 60.4 Å². The maximum absolute atomic E-state index is 2.49. The molecule has 0 aliphatic carbocycles. The highest BCUT2D eigenvalue weighted by Gasteiger charge is 2.24. The molecule has 10 aromatic carbocycles. The summed E-state index contributed by atoms with van der Waals surface area (Å²) in [5.41, 5.74) is 13.9. The predicted molar refractivity (Wildman–Crippen MR) is 247 cm³/mol. The molecule has 0 N–H and O–H groups in total. The summed E-state index contributed by atoms with van der Waals surface area (Å²) in [4.78, 5) is 2.48. The van der Waals surface area contributed by atoms with E-state index in [9.17, 15) is 0 Å². The second-order valence-corrected chi connectivity index (χ2v) is 14.9. The first kappa shape index (κ1) is 33.6. The maximum Gasteiger partial charge on any atom is 0.0562 e. The summed E-state index contributed by atoms with van der Waals surface area (Å²) in [6.07, 6.45) is 0. The van der Waals surface area contributed by atoms with Crippen molar-refractivity contribution < 1.29 is 0 Å². The van der Waals surface area contributed by atoms with Gasteiger partial charge in [0.1, 0.15) is 0 Å². The molecule has 0 spiro atoms. The van der Waals surface area contributed by atoms with Gasteiger partial charge in [0.25, 0.3) is 0 Å². The molecular formula is C56H38N2. The third-order valence-corrected chi connectivity index (χ3v) is 11.6. The predicted octanol–water partition coefficient (Wildman–Crippen LogP) is 15.6. The van der Waals surface area contributed by atoms with Crippen LogP contribution in [0.25, 0.3) is 82.4 Å². The van der Waals surface area contributed by atoms with Crippen LogP contribution in [0.4, 0.5) is 17.1 Å². The zero-order valence-electron chi connectivity index (χ0n) is 31.8. The van der Waals surface area contributed by atoms with Gasteiger partial charge in [0.15, 0.2) is 0 Å². The van der Waals surface area contributed by atoms with Gasteiger partial charge in [-0.25, -0.2) is 0 Å². The Labute approximate surface area is 338 Å². The number of rotatable bonds is 7. The Morgan fingerprint density at radius 1 is 0.310 bits per heavy atom. The van der Waals surface area contributed by atoms with Crippen LogP contribution < -0.4 is 4.90 Å². The standard InChI is InChI=1S/C56H38N2/c1-4-19-39(20-5-1)45-27-14-16-32-51(45)57(54-37-42-25-10-11-26-44(42)47-28-12-13-29-48(47)54)43-35-36-50-49-30-15-17-33-52(49)58(55(50)38-43)53-34-18-31-46(40-21-6-2-7-22-40)56(53)41-23-8-3-9-24-41/h1-38H. The molecule has 0 saturated heterocycles. The van der Waals surface area contributed by atoms with E-state index in [1.165, 1.54) is 71.2 Å². The smallest absolute Gasteiger partial charge is 0.0562 e. The molecule has 11 aromatic rings. The summed E-state index contributed by atoms with van der Waals surface area (Å²) < 4.78 is 2.49. The van der Waals surface area contributed by atoms with Crippen LogP contribution in [0.3, 0.4) is 0 Å². The van der Waals surface area contributed by atoms with Crippen LogP contribution >= 0.6 is 0 Å². The number of aromatic nitrogens is 1. The zero-order valence-corrected chi connectivity index (χ0v) is 31.8. The minimum Gasteiger partial charge on any atom is -0.309 e. The molecule has 0 atom stereocenters. The van der Waals surface area contributed by atoms with Gasteiger partial charge in [0.2, 0.25) is 0 Å². The van der Waals surface area contributed by atoms with Crippen molar-refractivity contribution in [2.75, 3.05) is 4.90 Å². The first-order valence-corrected chi connectivity index (χ1v) is 19.9. The quantitative estimate of drug-likeness (QED) is 0.148. The van der Waals surface area contributed by atoms with Crippen LogP contribution in [0, 0.1) is 0 Å². The van der Waals surface area contributed by atoms with Crippen molar-refractivity contribution in [1.29, 1.82) is 0 Å². The molecule has 0 amide bonds.